The van der Waals surface area contributed by atoms with Gasteiger partial charge < -0.3 is 10.6 Å². The molecule has 1 fully saturated rings. The number of nitrogens with zero attached hydrogens (tertiary/aromatic N) is 1. The Morgan fingerprint density at radius 1 is 1.40 bits per heavy atom. The summed E-state index contributed by atoms with van der Waals surface area (Å²) in [6.45, 7) is 4.17. The summed E-state index contributed by atoms with van der Waals surface area (Å²) >= 11 is 0. The quantitative estimate of drug-likeness (QED) is 0.897. The molecule has 1 aliphatic rings. The van der Waals surface area contributed by atoms with Gasteiger partial charge in [-0.3, -0.25) is 4.79 Å². The lowest BCUT2D eigenvalue weighted by molar-refractivity contribution is -0.116. The molecule has 1 aromatic heterocycles. The Morgan fingerprint density at radius 2 is 2.10 bits per heavy atom. The standard InChI is InChI=1S/C14H21N3O.2ClH/c1-11-4-9-16-13(10-11)17-14(18)3-2-12-5-7-15-8-6-12;;/h4,9-10,12,15H,2-3,5-8H2,1H3,(H,16,17,18);2*1H. The third kappa shape index (κ3) is 6.55. The van der Waals surface area contributed by atoms with E-state index in [0.717, 1.165) is 25.1 Å². The van der Waals surface area contributed by atoms with Crippen molar-refractivity contribution in [2.24, 2.45) is 5.92 Å². The first-order valence-corrected chi connectivity index (χ1v) is 6.67. The summed E-state index contributed by atoms with van der Waals surface area (Å²) in [6.07, 6.45) is 5.68. The zero-order chi connectivity index (χ0) is 12.8. The van der Waals surface area contributed by atoms with Crippen LogP contribution >= 0.6 is 24.8 Å². The molecule has 114 valence electrons. The molecular weight excluding hydrogens is 297 g/mol. The van der Waals surface area contributed by atoms with E-state index in [0.29, 0.717) is 18.2 Å². The zero-order valence-corrected chi connectivity index (χ0v) is 13.4. The third-order valence-corrected chi connectivity index (χ3v) is 3.42. The van der Waals surface area contributed by atoms with Crippen LogP contribution in [-0.2, 0) is 4.79 Å². The van der Waals surface area contributed by atoms with Crippen LogP contribution in [0.5, 0.6) is 0 Å². The second-order valence-electron chi connectivity index (χ2n) is 5.00. The SMILES string of the molecule is Cc1ccnc(NC(=O)CCC2CCNCC2)c1.Cl.Cl. The average Bonchev–Trinajstić information content (AvgIpc) is 2.38. The Kier molecular flexibility index (Phi) is 9.55. The minimum absolute atomic E-state index is 0. The van der Waals surface area contributed by atoms with Crippen LogP contribution in [0.2, 0.25) is 0 Å². The maximum absolute atomic E-state index is 11.8. The number of piperidine rings is 1. The van der Waals surface area contributed by atoms with Crippen molar-refractivity contribution < 1.29 is 4.79 Å². The fourth-order valence-corrected chi connectivity index (χ4v) is 2.32. The van der Waals surface area contributed by atoms with Gasteiger partial charge in [0, 0.05) is 12.6 Å². The van der Waals surface area contributed by atoms with Crippen molar-refractivity contribution in [2.45, 2.75) is 32.6 Å². The van der Waals surface area contributed by atoms with Gasteiger partial charge in [-0.15, -0.1) is 24.8 Å². The molecule has 0 spiro atoms. The highest BCUT2D eigenvalue weighted by atomic mass is 35.5. The highest BCUT2D eigenvalue weighted by molar-refractivity contribution is 5.89. The van der Waals surface area contributed by atoms with Crippen LogP contribution in [0.1, 0.15) is 31.2 Å². The number of carbonyl (C=O) groups is 1. The fraction of sp³-hybridized carbons (Fsp3) is 0.571. The highest BCUT2D eigenvalue weighted by Gasteiger charge is 2.14. The van der Waals surface area contributed by atoms with Crippen molar-refractivity contribution >= 4 is 36.5 Å². The first kappa shape index (κ1) is 19.2. The second kappa shape index (κ2) is 9.97. The summed E-state index contributed by atoms with van der Waals surface area (Å²) < 4.78 is 0. The van der Waals surface area contributed by atoms with Crippen LogP contribution in [0.4, 0.5) is 5.82 Å². The van der Waals surface area contributed by atoms with Crippen molar-refractivity contribution in [3.63, 3.8) is 0 Å². The summed E-state index contributed by atoms with van der Waals surface area (Å²) in [7, 11) is 0. The summed E-state index contributed by atoms with van der Waals surface area (Å²) in [4.78, 5) is 15.9. The van der Waals surface area contributed by atoms with Crippen LogP contribution in [-0.4, -0.2) is 24.0 Å². The molecule has 6 heteroatoms. The molecule has 0 atom stereocenters. The number of halogens is 2. The molecule has 0 aromatic carbocycles. The first-order valence-electron chi connectivity index (χ1n) is 6.67. The summed E-state index contributed by atoms with van der Waals surface area (Å²) in [6, 6.07) is 3.81. The molecule has 20 heavy (non-hydrogen) atoms. The predicted octanol–water partition coefficient (Wildman–Crippen LogP) is 2.95. The molecular formula is C14H23Cl2N3O. The van der Waals surface area contributed by atoms with Crippen LogP contribution in [0.25, 0.3) is 0 Å². The molecule has 1 amide bonds. The van der Waals surface area contributed by atoms with Gasteiger partial charge in [-0.2, -0.15) is 0 Å². The highest BCUT2D eigenvalue weighted by Crippen LogP contribution is 2.18. The summed E-state index contributed by atoms with van der Waals surface area (Å²) in [5.74, 6) is 1.43. The van der Waals surface area contributed by atoms with Gasteiger partial charge in [0.1, 0.15) is 5.82 Å². The molecule has 0 unspecified atom stereocenters. The second-order valence-corrected chi connectivity index (χ2v) is 5.00. The molecule has 4 nitrogen and oxygen atoms in total. The van der Waals surface area contributed by atoms with Crippen LogP contribution in [0, 0.1) is 12.8 Å². The molecule has 1 saturated heterocycles. The topological polar surface area (TPSA) is 54.0 Å². The Hall–Kier alpha value is -0.840. The number of anilines is 1. The average molecular weight is 320 g/mol. The molecule has 0 bridgehead atoms. The lowest BCUT2D eigenvalue weighted by atomic mass is 9.93. The minimum Gasteiger partial charge on any atom is -0.317 e. The smallest absolute Gasteiger partial charge is 0.225 e. The number of aryl methyl sites for hydroxylation is 1. The molecule has 2 rings (SSSR count). The van der Waals surface area contributed by atoms with Crippen molar-refractivity contribution in [1.29, 1.82) is 0 Å². The molecule has 1 aliphatic heterocycles. The molecule has 0 saturated carbocycles. The Balaban J connectivity index is 0.00000180. The van der Waals surface area contributed by atoms with Crippen LogP contribution in [0.15, 0.2) is 18.3 Å². The maximum Gasteiger partial charge on any atom is 0.225 e. The van der Waals surface area contributed by atoms with E-state index in [4.69, 9.17) is 0 Å². The van der Waals surface area contributed by atoms with E-state index in [-0.39, 0.29) is 30.7 Å². The van der Waals surface area contributed by atoms with E-state index in [9.17, 15) is 4.79 Å². The number of carbonyl (C=O) groups excluding carboxylic acids is 1. The van der Waals surface area contributed by atoms with E-state index < -0.39 is 0 Å². The van der Waals surface area contributed by atoms with E-state index >= 15 is 0 Å². The van der Waals surface area contributed by atoms with Crippen LogP contribution < -0.4 is 10.6 Å². The van der Waals surface area contributed by atoms with Gasteiger partial charge in [0.05, 0.1) is 0 Å². The van der Waals surface area contributed by atoms with Crippen LogP contribution in [0.3, 0.4) is 0 Å². The first-order chi connectivity index (χ1) is 8.74. The maximum atomic E-state index is 11.8. The van der Waals surface area contributed by atoms with Gasteiger partial charge >= 0.3 is 0 Å². The number of aromatic nitrogens is 1. The van der Waals surface area contributed by atoms with E-state index in [2.05, 4.69) is 15.6 Å². The normalized spacial score (nSPS) is 14.8. The van der Waals surface area contributed by atoms with Crippen molar-refractivity contribution in [3.05, 3.63) is 23.9 Å². The lowest BCUT2D eigenvalue weighted by Crippen LogP contribution is -2.28. The molecule has 2 heterocycles. The Morgan fingerprint density at radius 3 is 2.75 bits per heavy atom. The van der Waals surface area contributed by atoms with Gasteiger partial charge in [0.25, 0.3) is 0 Å². The number of hydrogen-bond acceptors (Lipinski definition) is 3. The summed E-state index contributed by atoms with van der Waals surface area (Å²) in [5.41, 5.74) is 1.11. The Bertz CT molecular complexity index is 409. The van der Waals surface area contributed by atoms with Crippen molar-refractivity contribution in [2.75, 3.05) is 18.4 Å². The largest absolute Gasteiger partial charge is 0.317 e. The molecule has 1 aromatic rings. The monoisotopic (exact) mass is 319 g/mol. The van der Waals surface area contributed by atoms with E-state index in [1.54, 1.807) is 6.20 Å². The number of hydrogen-bond donors (Lipinski definition) is 2. The number of amides is 1. The predicted molar refractivity (Wildman–Crippen MR) is 86.9 cm³/mol. The van der Waals surface area contributed by atoms with Gasteiger partial charge in [-0.25, -0.2) is 4.98 Å². The Labute approximate surface area is 132 Å². The number of pyridine rings is 1. The molecule has 2 N–H and O–H groups in total. The minimum atomic E-state index is 0. The van der Waals surface area contributed by atoms with Crippen molar-refractivity contribution in [3.8, 4) is 0 Å². The van der Waals surface area contributed by atoms with E-state index in [1.807, 2.05) is 19.1 Å². The van der Waals surface area contributed by atoms with Crippen molar-refractivity contribution in [1.82, 2.24) is 10.3 Å². The number of nitrogens with one attached hydrogen (secondary N) is 2. The zero-order valence-electron chi connectivity index (χ0n) is 11.7. The van der Waals surface area contributed by atoms with Gasteiger partial charge in [0.15, 0.2) is 0 Å². The van der Waals surface area contributed by atoms with Gasteiger partial charge in [-0.05, 0) is 62.9 Å². The molecule has 0 radical (unpaired) electrons. The number of rotatable bonds is 4. The summed E-state index contributed by atoms with van der Waals surface area (Å²) in [5, 5.41) is 6.19. The van der Waals surface area contributed by atoms with E-state index in [1.165, 1.54) is 12.8 Å². The lowest BCUT2D eigenvalue weighted by Gasteiger charge is -2.22. The fourth-order valence-electron chi connectivity index (χ4n) is 2.32. The molecule has 0 aliphatic carbocycles. The van der Waals surface area contributed by atoms with Gasteiger partial charge in [0.2, 0.25) is 5.91 Å². The van der Waals surface area contributed by atoms with Gasteiger partial charge in [-0.1, -0.05) is 0 Å². The third-order valence-electron chi connectivity index (χ3n) is 3.42.